The van der Waals surface area contributed by atoms with Crippen molar-refractivity contribution in [2.75, 3.05) is 0 Å². The number of hydrogen-bond donors (Lipinski definition) is 2. The van der Waals surface area contributed by atoms with Crippen molar-refractivity contribution in [1.82, 2.24) is 0 Å². The van der Waals surface area contributed by atoms with Crippen LogP contribution in [0.4, 0.5) is 0 Å². The van der Waals surface area contributed by atoms with Crippen molar-refractivity contribution in [2.24, 2.45) is 0 Å². The molecule has 0 aliphatic rings. The molecular formula is C26H34O4. The number of phenolic OH excluding ortho intramolecular Hbond substituents is 2. The van der Waals surface area contributed by atoms with E-state index in [2.05, 4.69) is 0 Å². The summed E-state index contributed by atoms with van der Waals surface area (Å²) in [4.78, 5) is 12.6. The van der Waals surface area contributed by atoms with Crippen LogP contribution >= 0.6 is 0 Å². The van der Waals surface area contributed by atoms with Gasteiger partial charge in [0.1, 0.15) is 17.2 Å². The lowest BCUT2D eigenvalue weighted by atomic mass is 9.77. The van der Waals surface area contributed by atoms with Crippen molar-refractivity contribution in [2.45, 2.75) is 72.3 Å². The SMILES string of the molecule is CC(C)Oc1c(/C=C/C(=O)c2ccc(O)cc2)cc(C(C)(C)C)c(O)c1C(C)(C)C. The highest BCUT2D eigenvalue weighted by atomic mass is 16.5. The summed E-state index contributed by atoms with van der Waals surface area (Å²) in [5.41, 5.74) is 2.13. The standard InChI is InChI=1S/C26H34O4/c1-16(2)30-24-18(11-14-21(28)17-9-12-19(27)13-10-17)15-20(25(3,4)5)23(29)22(24)26(6,7)8/h9-16,27,29H,1-8H3/b14-11+. The first-order valence-corrected chi connectivity index (χ1v) is 10.3. The van der Waals surface area contributed by atoms with Gasteiger partial charge in [0.2, 0.25) is 0 Å². The maximum Gasteiger partial charge on any atom is 0.185 e. The number of carbonyl (C=O) groups is 1. The molecule has 2 rings (SSSR count). The lowest BCUT2D eigenvalue weighted by Crippen LogP contribution is -2.21. The van der Waals surface area contributed by atoms with E-state index in [0.29, 0.717) is 11.3 Å². The van der Waals surface area contributed by atoms with Gasteiger partial charge in [0.15, 0.2) is 5.78 Å². The second-order valence-electron chi connectivity index (χ2n) is 9.98. The minimum atomic E-state index is -0.362. The average Bonchev–Trinajstić information content (AvgIpc) is 2.58. The van der Waals surface area contributed by atoms with Crippen LogP contribution in [0.2, 0.25) is 0 Å². The number of aromatic hydroxyl groups is 2. The summed E-state index contributed by atoms with van der Waals surface area (Å²) >= 11 is 0. The Morgan fingerprint density at radius 1 is 0.967 bits per heavy atom. The predicted molar refractivity (Wildman–Crippen MR) is 123 cm³/mol. The molecule has 0 aliphatic carbocycles. The molecule has 0 fully saturated rings. The highest BCUT2D eigenvalue weighted by molar-refractivity contribution is 6.07. The third kappa shape index (κ3) is 5.44. The Hall–Kier alpha value is -2.75. The van der Waals surface area contributed by atoms with Gasteiger partial charge >= 0.3 is 0 Å². The first kappa shape index (κ1) is 23.5. The smallest absolute Gasteiger partial charge is 0.185 e. The predicted octanol–water partition coefficient (Wildman–Crippen LogP) is 6.38. The number of ketones is 1. The van der Waals surface area contributed by atoms with Gasteiger partial charge in [-0.2, -0.15) is 0 Å². The summed E-state index contributed by atoms with van der Waals surface area (Å²) < 4.78 is 6.15. The maximum atomic E-state index is 12.6. The van der Waals surface area contributed by atoms with E-state index < -0.39 is 0 Å². The van der Waals surface area contributed by atoms with Crippen molar-refractivity contribution in [1.29, 1.82) is 0 Å². The van der Waals surface area contributed by atoms with Crippen LogP contribution in [0.15, 0.2) is 36.4 Å². The zero-order valence-electron chi connectivity index (χ0n) is 19.3. The molecular weight excluding hydrogens is 376 g/mol. The van der Waals surface area contributed by atoms with Crippen LogP contribution in [0, 0.1) is 0 Å². The van der Waals surface area contributed by atoms with E-state index in [1.165, 1.54) is 18.2 Å². The minimum Gasteiger partial charge on any atom is -0.508 e. The Labute approximate surface area is 180 Å². The highest BCUT2D eigenvalue weighted by Gasteiger charge is 2.31. The van der Waals surface area contributed by atoms with Gasteiger partial charge in [-0.05, 0) is 67.2 Å². The van der Waals surface area contributed by atoms with Crippen LogP contribution in [0.5, 0.6) is 17.2 Å². The van der Waals surface area contributed by atoms with Crippen LogP contribution in [0.25, 0.3) is 6.08 Å². The quantitative estimate of drug-likeness (QED) is 0.443. The second kappa shape index (κ2) is 8.55. The highest BCUT2D eigenvalue weighted by Crippen LogP contribution is 2.46. The first-order chi connectivity index (χ1) is 13.7. The third-order valence-corrected chi connectivity index (χ3v) is 4.76. The molecule has 0 unspecified atom stereocenters. The molecule has 0 heterocycles. The fraction of sp³-hybridized carbons (Fsp3) is 0.423. The van der Waals surface area contributed by atoms with Crippen LogP contribution in [-0.4, -0.2) is 22.1 Å². The van der Waals surface area contributed by atoms with E-state index in [1.807, 2.05) is 61.5 Å². The van der Waals surface area contributed by atoms with Gasteiger partial charge in [-0.1, -0.05) is 41.5 Å². The Kier molecular flexibility index (Phi) is 6.70. The Balaban J connectivity index is 2.68. The molecule has 2 aromatic rings. The van der Waals surface area contributed by atoms with E-state index in [0.717, 1.165) is 16.7 Å². The van der Waals surface area contributed by atoms with Crippen molar-refractivity contribution in [3.05, 3.63) is 58.7 Å². The molecule has 0 amide bonds. The number of rotatable bonds is 5. The van der Waals surface area contributed by atoms with E-state index in [4.69, 9.17) is 4.74 Å². The van der Waals surface area contributed by atoms with Crippen LogP contribution < -0.4 is 4.74 Å². The average molecular weight is 411 g/mol. The molecule has 0 spiro atoms. The molecule has 0 saturated heterocycles. The molecule has 4 nitrogen and oxygen atoms in total. The summed E-state index contributed by atoms with van der Waals surface area (Å²) in [5, 5.41) is 20.6. The van der Waals surface area contributed by atoms with Crippen molar-refractivity contribution >= 4 is 11.9 Å². The molecule has 2 N–H and O–H groups in total. The molecule has 0 bridgehead atoms. The monoisotopic (exact) mass is 410 g/mol. The maximum absolute atomic E-state index is 12.6. The fourth-order valence-electron chi connectivity index (χ4n) is 3.32. The molecule has 0 aliphatic heterocycles. The number of benzene rings is 2. The molecule has 2 aromatic carbocycles. The van der Waals surface area contributed by atoms with Gasteiger partial charge in [0, 0.05) is 22.3 Å². The van der Waals surface area contributed by atoms with E-state index in [9.17, 15) is 15.0 Å². The summed E-state index contributed by atoms with van der Waals surface area (Å²) in [6.07, 6.45) is 3.16. The first-order valence-electron chi connectivity index (χ1n) is 10.3. The van der Waals surface area contributed by atoms with Crippen molar-refractivity contribution < 1.29 is 19.7 Å². The van der Waals surface area contributed by atoms with Gasteiger partial charge in [-0.3, -0.25) is 4.79 Å². The minimum absolute atomic E-state index is 0.0917. The van der Waals surface area contributed by atoms with E-state index in [-0.39, 0.29) is 34.2 Å². The zero-order chi connectivity index (χ0) is 22.9. The molecule has 0 radical (unpaired) electrons. The lowest BCUT2D eigenvalue weighted by molar-refractivity contribution is 0.104. The number of ether oxygens (including phenoxy) is 1. The Morgan fingerprint density at radius 2 is 1.53 bits per heavy atom. The molecule has 0 atom stereocenters. The lowest BCUT2D eigenvalue weighted by Gasteiger charge is -2.31. The largest absolute Gasteiger partial charge is 0.508 e. The van der Waals surface area contributed by atoms with Gasteiger partial charge in [0.05, 0.1) is 6.10 Å². The number of phenols is 2. The molecule has 0 aromatic heterocycles. The van der Waals surface area contributed by atoms with Crippen LogP contribution in [0.1, 0.15) is 82.4 Å². The van der Waals surface area contributed by atoms with Crippen molar-refractivity contribution in [3.63, 3.8) is 0 Å². The van der Waals surface area contributed by atoms with Crippen LogP contribution in [-0.2, 0) is 10.8 Å². The van der Waals surface area contributed by atoms with E-state index in [1.54, 1.807) is 18.2 Å². The molecule has 30 heavy (non-hydrogen) atoms. The molecule has 162 valence electrons. The normalized spacial score (nSPS) is 12.6. The van der Waals surface area contributed by atoms with Crippen LogP contribution in [0.3, 0.4) is 0 Å². The van der Waals surface area contributed by atoms with Gasteiger partial charge < -0.3 is 14.9 Å². The zero-order valence-corrected chi connectivity index (χ0v) is 19.3. The van der Waals surface area contributed by atoms with Gasteiger partial charge in [-0.15, -0.1) is 0 Å². The summed E-state index contributed by atoms with van der Waals surface area (Å²) in [6.45, 7) is 16.1. The molecule has 4 heteroatoms. The number of allylic oxidation sites excluding steroid dienone is 1. The topological polar surface area (TPSA) is 66.8 Å². The van der Waals surface area contributed by atoms with Gasteiger partial charge in [-0.25, -0.2) is 0 Å². The number of hydrogen-bond acceptors (Lipinski definition) is 4. The summed E-state index contributed by atoms with van der Waals surface area (Å²) in [6, 6.07) is 8.06. The van der Waals surface area contributed by atoms with Gasteiger partial charge in [0.25, 0.3) is 0 Å². The summed E-state index contributed by atoms with van der Waals surface area (Å²) in [7, 11) is 0. The Bertz CT molecular complexity index is 937. The summed E-state index contributed by atoms with van der Waals surface area (Å²) in [5.74, 6) is 0.782. The molecule has 0 saturated carbocycles. The number of carbonyl (C=O) groups excluding carboxylic acids is 1. The third-order valence-electron chi connectivity index (χ3n) is 4.76. The van der Waals surface area contributed by atoms with E-state index >= 15 is 0 Å². The van der Waals surface area contributed by atoms with Crippen molar-refractivity contribution in [3.8, 4) is 17.2 Å². The fourth-order valence-corrected chi connectivity index (χ4v) is 3.32. The second-order valence-corrected chi connectivity index (χ2v) is 9.98. The Morgan fingerprint density at radius 3 is 2.00 bits per heavy atom.